The summed E-state index contributed by atoms with van der Waals surface area (Å²) in [5.74, 6) is 6.35. The number of hydrogen-bond donors (Lipinski definition) is 1. The number of allylic oxidation sites excluding steroid dienone is 1. The summed E-state index contributed by atoms with van der Waals surface area (Å²) in [6.07, 6.45) is 6.75. The maximum atomic E-state index is 3.66. The second kappa shape index (κ2) is 8.35. The van der Waals surface area contributed by atoms with Gasteiger partial charge in [0.25, 0.3) is 0 Å². The van der Waals surface area contributed by atoms with Crippen LogP contribution in [-0.4, -0.2) is 11.1 Å². The van der Waals surface area contributed by atoms with Crippen molar-refractivity contribution in [1.29, 1.82) is 0 Å². The van der Waals surface area contributed by atoms with Gasteiger partial charge in [0, 0.05) is 12.7 Å². The molecule has 1 aliphatic heterocycles. The molecular formula is C25H30N2. The molecule has 0 bridgehead atoms. The van der Waals surface area contributed by atoms with E-state index >= 15 is 0 Å². The van der Waals surface area contributed by atoms with Gasteiger partial charge in [-0.05, 0) is 56.4 Å². The minimum Gasteiger partial charge on any atom is -0.378 e. The highest BCUT2D eigenvalue weighted by Crippen LogP contribution is 2.36. The molecule has 0 fully saturated rings. The van der Waals surface area contributed by atoms with E-state index in [9.17, 15) is 0 Å². The quantitative estimate of drug-likeness (QED) is 0.611. The lowest BCUT2D eigenvalue weighted by atomic mass is 9.94. The first kappa shape index (κ1) is 19.1. The third-order valence-electron chi connectivity index (χ3n) is 5.58. The van der Waals surface area contributed by atoms with Gasteiger partial charge in [-0.25, -0.2) is 0 Å². The summed E-state index contributed by atoms with van der Waals surface area (Å²) in [6.45, 7) is 11.8. The number of hydrogen-bond acceptors (Lipinski definition) is 1. The molecule has 2 heteroatoms. The van der Waals surface area contributed by atoms with Gasteiger partial charge in [0.2, 0.25) is 0 Å². The Bertz CT molecular complexity index is 930. The van der Waals surface area contributed by atoms with Crippen molar-refractivity contribution in [1.82, 2.24) is 4.57 Å². The molecule has 1 N–H and O–H groups in total. The minimum absolute atomic E-state index is 0.256. The molecule has 0 spiro atoms. The maximum Gasteiger partial charge on any atom is 0.0758 e. The van der Waals surface area contributed by atoms with Crippen LogP contribution in [0.3, 0.4) is 0 Å². The van der Waals surface area contributed by atoms with Gasteiger partial charge in [0.1, 0.15) is 0 Å². The number of rotatable bonds is 5. The highest BCUT2D eigenvalue weighted by molar-refractivity contribution is 5.78. The fraction of sp³-hybridized carbons (Fsp3) is 0.360. The normalized spacial score (nSPS) is 14.9. The average molecular weight is 359 g/mol. The van der Waals surface area contributed by atoms with Gasteiger partial charge in [-0.3, -0.25) is 0 Å². The lowest BCUT2D eigenvalue weighted by Gasteiger charge is -2.23. The number of nitrogens with one attached hydrogen (secondary N) is 1. The predicted octanol–water partition coefficient (Wildman–Crippen LogP) is 6.41. The van der Waals surface area contributed by atoms with Crippen molar-refractivity contribution in [2.75, 3.05) is 11.9 Å². The summed E-state index contributed by atoms with van der Waals surface area (Å²) in [5, 5.41) is 3.66. The van der Waals surface area contributed by atoms with Crippen LogP contribution >= 0.6 is 0 Å². The van der Waals surface area contributed by atoms with Crippen LogP contribution in [-0.2, 0) is 0 Å². The Morgan fingerprint density at radius 3 is 2.56 bits per heavy atom. The first-order valence-corrected chi connectivity index (χ1v) is 9.96. The van der Waals surface area contributed by atoms with Gasteiger partial charge in [0.05, 0.1) is 23.0 Å². The molecule has 0 saturated heterocycles. The van der Waals surface area contributed by atoms with E-state index in [1.807, 2.05) is 6.92 Å². The standard InChI is InChI=1S/C25H30N2/c1-6-12-21-17-27(19(5)20-13-10-9-11-14-20)24-15-22(16-26-25(21)24)23(8-3)18(4)7-2/h9-11,13-15,17,19,26H,7-8,16H2,1-5H3/b23-18+. The zero-order valence-corrected chi connectivity index (χ0v) is 17.2. The molecule has 0 saturated carbocycles. The summed E-state index contributed by atoms with van der Waals surface area (Å²) < 4.78 is 2.37. The summed E-state index contributed by atoms with van der Waals surface area (Å²) in [4.78, 5) is 0. The smallest absolute Gasteiger partial charge is 0.0758 e. The van der Waals surface area contributed by atoms with E-state index in [4.69, 9.17) is 0 Å². The van der Waals surface area contributed by atoms with Crippen molar-refractivity contribution in [2.24, 2.45) is 0 Å². The number of benzene rings is 1. The lowest BCUT2D eigenvalue weighted by Crippen LogP contribution is -2.15. The molecule has 2 aromatic rings. The Hall–Kier alpha value is -2.66. The topological polar surface area (TPSA) is 17.0 Å². The van der Waals surface area contributed by atoms with E-state index in [-0.39, 0.29) is 6.04 Å². The van der Waals surface area contributed by atoms with Gasteiger partial charge in [-0.2, -0.15) is 0 Å². The minimum atomic E-state index is 0.256. The van der Waals surface area contributed by atoms with Crippen LogP contribution in [0.4, 0.5) is 5.69 Å². The highest BCUT2D eigenvalue weighted by atomic mass is 15.1. The molecule has 1 aromatic heterocycles. The summed E-state index contributed by atoms with van der Waals surface area (Å²) >= 11 is 0. The van der Waals surface area contributed by atoms with Crippen LogP contribution in [0.15, 0.2) is 53.2 Å². The first-order chi connectivity index (χ1) is 13.1. The Morgan fingerprint density at radius 2 is 1.93 bits per heavy atom. The van der Waals surface area contributed by atoms with Crippen molar-refractivity contribution >= 4 is 11.8 Å². The van der Waals surface area contributed by atoms with Crippen molar-refractivity contribution < 1.29 is 0 Å². The van der Waals surface area contributed by atoms with Crippen molar-refractivity contribution in [3.8, 4) is 11.8 Å². The molecular weight excluding hydrogens is 328 g/mol. The molecule has 3 rings (SSSR count). The summed E-state index contributed by atoms with van der Waals surface area (Å²) in [6, 6.07) is 10.9. The first-order valence-electron chi connectivity index (χ1n) is 9.96. The number of fused-ring (bicyclic) bond motifs is 1. The molecule has 1 aromatic carbocycles. The molecule has 1 aliphatic rings. The van der Waals surface area contributed by atoms with Crippen LogP contribution in [0, 0.1) is 11.8 Å². The van der Waals surface area contributed by atoms with Crippen LogP contribution in [0.1, 0.15) is 70.3 Å². The van der Waals surface area contributed by atoms with Crippen LogP contribution < -0.4 is 5.32 Å². The summed E-state index contributed by atoms with van der Waals surface area (Å²) in [7, 11) is 0. The summed E-state index contributed by atoms with van der Waals surface area (Å²) in [5.41, 5.74) is 9.17. The number of nitrogens with zero attached hydrogens (tertiary/aromatic N) is 1. The van der Waals surface area contributed by atoms with Crippen LogP contribution in [0.25, 0.3) is 6.08 Å². The Kier molecular flexibility index (Phi) is 5.91. The van der Waals surface area contributed by atoms with E-state index in [1.54, 1.807) is 0 Å². The second-order valence-electron chi connectivity index (χ2n) is 7.16. The number of anilines is 1. The molecule has 0 aliphatic carbocycles. The largest absolute Gasteiger partial charge is 0.378 e. The van der Waals surface area contributed by atoms with Crippen molar-refractivity contribution in [2.45, 2.75) is 53.5 Å². The van der Waals surface area contributed by atoms with Crippen LogP contribution in [0.2, 0.25) is 0 Å². The SMILES string of the molecule is CC#Cc1cn(C(C)c2ccccc2)c2c1NCC(/C(CC)=C(\C)CC)=C2. The Labute approximate surface area is 164 Å². The third-order valence-corrected chi connectivity index (χ3v) is 5.58. The van der Waals surface area contributed by atoms with Crippen molar-refractivity contribution in [3.05, 3.63) is 70.1 Å². The predicted molar refractivity (Wildman–Crippen MR) is 117 cm³/mol. The molecule has 140 valence electrons. The van der Waals surface area contributed by atoms with E-state index in [2.05, 4.69) is 92.0 Å². The molecule has 2 heterocycles. The van der Waals surface area contributed by atoms with Gasteiger partial charge < -0.3 is 9.88 Å². The molecule has 2 nitrogen and oxygen atoms in total. The second-order valence-corrected chi connectivity index (χ2v) is 7.16. The van der Waals surface area contributed by atoms with Gasteiger partial charge in [-0.15, -0.1) is 5.92 Å². The monoisotopic (exact) mass is 358 g/mol. The van der Waals surface area contributed by atoms with Crippen LogP contribution in [0.5, 0.6) is 0 Å². The average Bonchev–Trinajstić information content (AvgIpc) is 3.06. The van der Waals surface area contributed by atoms with E-state index in [1.165, 1.54) is 33.7 Å². The fourth-order valence-electron chi connectivity index (χ4n) is 3.92. The van der Waals surface area contributed by atoms with Gasteiger partial charge in [-0.1, -0.05) is 55.7 Å². The van der Waals surface area contributed by atoms with Gasteiger partial charge >= 0.3 is 0 Å². The lowest BCUT2D eigenvalue weighted by molar-refractivity contribution is 0.637. The maximum absolute atomic E-state index is 3.66. The molecule has 27 heavy (non-hydrogen) atoms. The van der Waals surface area contributed by atoms with E-state index in [0.29, 0.717) is 0 Å². The highest BCUT2D eigenvalue weighted by Gasteiger charge is 2.22. The van der Waals surface area contributed by atoms with E-state index < -0.39 is 0 Å². The molecule has 1 unspecified atom stereocenters. The number of aromatic nitrogens is 1. The van der Waals surface area contributed by atoms with Crippen molar-refractivity contribution in [3.63, 3.8) is 0 Å². The molecule has 0 amide bonds. The zero-order chi connectivity index (χ0) is 19.4. The Balaban J connectivity index is 2.14. The van der Waals surface area contributed by atoms with Gasteiger partial charge in [0.15, 0.2) is 0 Å². The zero-order valence-electron chi connectivity index (χ0n) is 17.2. The Morgan fingerprint density at radius 1 is 1.19 bits per heavy atom. The third kappa shape index (κ3) is 3.74. The molecule has 0 radical (unpaired) electrons. The molecule has 1 atom stereocenters. The van der Waals surface area contributed by atoms with E-state index in [0.717, 1.165) is 24.9 Å². The fourth-order valence-corrected chi connectivity index (χ4v) is 3.92.